The lowest BCUT2D eigenvalue weighted by atomic mass is 10.3. The van der Waals surface area contributed by atoms with Gasteiger partial charge >= 0.3 is 0 Å². The zero-order valence-corrected chi connectivity index (χ0v) is 13.6. The molecule has 3 rings (SSSR count). The highest BCUT2D eigenvalue weighted by Crippen LogP contribution is 2.35. The lowest BCUT2D eigenvalue weighted by molar-refractivity contribution is -0.116. The highest BCUT2D eigenvalue weighted by molar-refractivity contribution is 8.00. The molecule has 1 aliphatic rings. The third-order valence-corrected chi connectivity index (χ3v) is 4.92. The summed E-state index contributed by atoms with van der Waals surface area (Å²) in [6, 6.07) is 5.07. The Hall–Kier alpha value is -1.28. The number of H-pyrrole nitrogens is 1. The van der Waals surface area contributed by atoms with Gasteiger partial charge in [-0.25, -0.2) is 4.98 Å². The van der Waals surface area contributed by atoms with Crippen LogP contribution in [0.1, 0.15) is 12.2 Å². The van der Waals surface area contributed by atoms with Gasteiger partial charge in [0, 0.05) is 11.6 Å². The first-order valence-corrected chi connectivity index (χ1v) is 8.17. The Morgan fingerprint density at radius 3 is 2.95 bits per heavy atom. The summed E-state index contributed by atoms with van der Waals surface area (Å²) in [6.45, 7) is 0.369. The number of rotatable bonds is 4. The van der Waals surface area contributed by atoms with E-state index in [4.69, 9.17) is 28.3 Å². The Balaban J connectivity index is 1.74. The number of aliphatic hydroxyl groups is 1. The van der Waals surface area contributed by atoms with Crippen molar-refractivity contribution in [2.75, 3.05) is 11.4 Å². The Morgan fingerprint density at radius 2 is 2.27 bits per heavy atom. The highest BCUT2D eigenvalue weighted by Gasteiger charge is 2.35. The molecule has 2 heterocycles. The number of carbonyl (C=O) groups is 1. The highest BCUT2D eigenvalue weighted by atomic mass is 35.5. The molecule has 1 amide bonds. The number of aromatic nitrogens is 3. The van der Waals surface area contributed by atoms with Gasteiger partial charge in [-0.3, -0.25) is 9.89 Å². The second kappa shape index (κ2) is 6.45. The van der Waals surface area contributed by atoms with Gasteiger partial charge in [0.05, 0.1) is 16.0 Å². The molecule has 2 aromatic rings. The standard InChI is InChI=1S/C13H12Cl2N4O2S/c14-7-1-2-9(8(15)5-7)19-4-3-10(12(19)21)22-13-16-11(6-20)17-18-13/h1-2,5,10,20H,3-4,6H2,(H,16,17,18). The van der Waals surface area contributed by atoms with E-state index in [1.54, 1.807) is 23.1 Å². The lowest BCUT2D eigenvalue weighted by Crippen LogP contribution is -2.28. The van der Waals surface area contributed by atoms with E-state index < -0.39 is 0 Å². The lowest BCUT2D eigenvalue weighted by Gasteiger charge is -2.18. The Kier molecular flexibility index (Phi) is 4.58. The average molecular weight is 359 g/mol. The summed E-state index contributed by atoms with van der Waals surface area (Å²) in [5.74, 6) is 0.343. The van der Waals surface area contributed by atoms with Gasteiger partial charge in [-0.05, 0) is 24.6 Å². The minimum atomic E-state index is -0.269. The number of benzene rings is 1. The molecule has 1 unspecified atom stereocenters. The molecule has 0 spiro atoms. The molecule has 1 aromatic carbocycles. The summed E-state index contributed by atoms with van der Waals surface area (Å²) in [5.41, 5.74) is 0.658. The summed E-state index contributed by atoms with van der Waals surface area (Å²) in [7, 11) is 0. The number of anilines is 1. The summed E-state index contributed by atoms with van der Waals surface area (Å²) < 4.78 is 0. The Morgan fingerprint density at radius 1 is 1.45 bits per heavy atom. The fourth-order valence-electron chi connectivity index (χ4n) is 2.23. The fourth-order valence-corrected chi connectivity index (χ4v) is 3.71. The maximum atomic E-state index is 12.5. The maximum Gasteiger partial charge on any atom is 0.240 e. The van der Waals surface area contributed by atoms with Crippen molar-refractivity contribution >= 4 is 46.6 Å². The normalized spacial score (nSPS) is 18.2. The number of nitrogens with one attached hydrogen (secondary N) is 1. The van der Waals surface area contributed by atoms with E-state index in [1.165, 1.54) is 11.8 Å². The second-order valence-electron chi connectivity index (χ2n) is 4.70. The molecular weight excluding hydrogens is 347 g/mol. The molecule has 1 aromatic heterocycles. The van der Waals surface area contributed by atoms with Crippen molar-refractivity contribution in [3.05, 3.63) is 34.1 Å². The molecule has 1 fully saturated rings. The van der Waals surface area contributed by atoms with E-state index in [1.807, 2.05) is 0 Å². The van der Waals surface area contributed by atoms with Crippen LogP contribution in [-0.4, -0.2) is 38.0 Å². The van der Waals surface area contributed by atoms with Gasteiger partial charge < -0.3 is 10.0 Å². The number of aliphatic hydroxyl groups excluding tert-OH is 1. The Labute approximate surface area is 140 Å². The predicted molar refractivity (Wildman–Crippen MR) is 85.4 cm³/mol. The van der Waals surface area contributed by atoms with Crippen LogP contribution in [0.3, 0.4) is 0 Å². The van der Waals surface area contributed by atoms with Gasteiger partial charge in [0.2, 0.25) is 11.1 Å². The van der Waals surface area contributed by atoms with Gasteiger partial charge in [-0.2, -0.15) is 0 Å². The fraction of sp³-hybridized carbons (Fsp3) is 0.308. The minimum Gasteiger partial charge on any atom is -0.388 e. The number of hydrogen-bond acceptors (Lipinski definition) is 5. The van der Waals surface area contributed by atoms with Gasteiger partial charge in [0.25, 0.3) is 0 Å². The van der Waals surface area contributed by atoms with Crippen molar-refractivity contribution in [1.82, 2.24) is 15.2 Å². The minimum absolute atomic E-state index is 0.0374. The van der Waals surface area contributed by atoms with E-state index in [0.29, 0.717) is 39.7 Å². The van der Waals surface area contributed by atoms with E-state index in [9.17, 15) is 4.79 Å². The van der Waals surface area contributed by atoms with Crippen LogP contribution in [0.15, 0.2) is 23.4 Å². The summed E-state index contributed by atoms with van der Waals surface area (Å²) >= 11 is 13.3. The molecule has 9 heteroatoms. The Bertz CT molecular complexity index is 709. The van der Waals surface area contributed by atoms with Crippen molar-refractivity contribution in [3.63, 3.8) is 0 Å². The molecule has 0 aliphatic carbocycles. The molecule has 6 nitrogen and oxygen atoms in total. The first-order valence-electron chi connectivity index (χ1n) is 6.53. The van der Waals surface area contributed by atoms with Gasteiger partial charge in [-0.15, -0.1) is 5.10 Å². The molecule has 1 atom stereocenters. The summed E-state index contributed by atoms with van der Waals surface area (Å²) in [5, 5.41) is 16.7. The van der Waals surface area contributed by atoms with Crippen molar-refractivity contribution < 1.29 is 9.90 Å². The quantitative estimate of drug-likeness (QED) is 0.877. The van der Waals surface area contributed by atoms with Crippen molar-refractivity contribution in [1.29, 1.82) is 0 Å². The van der Waals surface area contributed by atoms with E-state index in [0.717, 1.165) is 0 Å². The molecule has 0 saturated carbocycles. The largest absolute Gasteiger partial charge is 0.388 e. The van der Waals surface area contributed by atoms with Crippen LogP contribution in [-0.2, 0) is 11.4 Å². The molecular formula is C13H12Cl2N4O2S. The summed E-state index contributed by atoms with van der Waals surface area (Å²) in [4.78, 5) is 18.3. The number of carbonyl (C=O) groups excluding carboxylic acids is 1. The predicted octanol–water partition coefficient (Wildman–Crippen LogP) is 2.50. The van der Waals surface area contributed by atoms with Gasteiger partial charge in [0.15, 0.2) is 5.82 Å². The van der Waals surface area contributed by atoms with Gasteiger partial charge in [0.1, 0.15) is 6.61 Å². The van der Waals surface area contributed by atoms with Crippen molar-refractivity contribution in [3.8, 4) is 0 Å². The molecule has 0 bridgehead atoms. The van der Waals surface area contributed by atoms with Crippen LogP contribution in [0, 0.1) is 0 Å². The smallest absolute Gasteiger partial charge is 0.240 e. The molecule has 116 valence electrons. The third kappa shape index (κ3) is 3.08. The molecule has 1 saturated heterocycles. The second-order valence-corrected chi connectivity index (χ2v) is 6.72. The van der Waals surface area contributed by atoms with Gasteiger partial charge in [-0.1, -0.05) is 35.0 Å². The van der Waals surface area contributed by atoms with Crippen molar-refractivity contribution in [2.24, 2.45) is 0 Å². The zero-order valence-electron chi connectivity index (χ0n) is 11.3. The summed E-state index contributed by atoms with van der Waals surface area (Å²) in [6.07, 6.45) is 0.672. The van der Waals surface area contributed by atoms with Crippen LogP contribution in [0.5, 0.6) is 0 Å². The topological polar surface area (TPSA) is 82.1 Å². The number of halogens is 2. The molecule has 0 radical (unpaired) electrons. The third-order valence-electron chi connectivity index (χ3n) is 3.27. The molecule has 1 aliphatic heterocycles. The number of aromatic amines is 1. The van der Waals surface area contributed by atoms with Crippen LogP contribution >= 0.6 is 35.0 Å². The average Bonchev–Trinajstić information content (AvgIpc) is 3.08. The van der Waals surface area contributed by atoms with Crippen molar-refractivity contribution in [2.45, 2.75) is 23.4 Å². The number of hydrogen-bond donors (Lipinski definition) is 2. The molecule has 2 N–H and O–H groups in total. The van der Waals surface area contributed by atoms with E-state index in [-0.39, 0.29) is 17.8 Å². The van der Waals surface area contributed by atoms with E-state index in [2.05, 4.69) is 15.2 Å². The van der Waals surface area contributed by atoms with Crippen LogP contribution in [0.25, 0.3) is 0 Å². The maximum absolute atomic E-state index is 12.5. The van der Waals surface area contributed by atoms with Crippen LogP contribution < -0.4 is 4.90 Å². The number of thioether (sulfide) groups is 1. The van der Waals surface area contributed by atoms with Crippen LogP contribution in [0.4, 0.5) is 5.69 Å². The number of nitrogens with zero attached hydrogens (tertiary/aromatic N) is 3. The number of amides is 1. The van der Waals surface area contributed by atoms with E-state index >= 15 is 0 Å². The SMILES string of the molecule is O=C1C(Sc2n[nH]c(CO)n2)CCN1c1ccc(Cl)cc1Cl. The zero-order chi connectivity index (χ0) is 15.7. The monoisotopic (exact) mass is 358 g/mol. The molecule has 22 heavy (non-hydrogen) atoms. The first kappa shape index (κ1) is 15.6. The first-order chi connectivity index (χ1) is 10.6. The van der Waals surface area contributed by atoms with Crippen LogP contribution in [0.2, 0.25) is 10.0 Å².